The van der Waals surface area contributed by atoms with Crippen molar-refractivity contribution < 1.29 is 4.79 Å². The predicted molar refractivity (Wildman–Crippen MR) is 74.1 cm³/mol. The maximum atomic E-state index is 11.8. The number of amides is 2. The van der Waals surface area contributed by atoms with Crippen LogP contribution in [0, 0.1) is 6.92 Å². The van der Waals surface area contributed by atoms with Crippen molar-refractivity contribution in [3.05, 3.63) is 15.6 Å². The first kappa shape index (κ1) is 13.3. The highest BCUT2D eigenvalue weighted by atomic mass is 32.1. The van der Waals surface area contributed by atoms with Gasteiger partial charge in [-0.3, -0.25) is 0 Å². The van der Waals surface area contributed by atoms with E-state index < -0.39 is 0 Å². The minimum Gasteiger partial charge on any atom is -0.338 e. The van der Waals surface area contributed by atoms with Gasteiger partial charge in [0.05, 0.1) is 10.7 Å². The maximum Gasteiger partial charge on any atom is 0.317 e. The number of nitrogens with one attached hydrogen (secondary N) is 1. The number of carbonyl (C=O) groups excluding carboxylic acids is 1. The fourth-order valence-electron chi connectivity index (χ4n) is 2.23. The van der Waals surface area contributed by atoms with E-state index in [-0.39, 0.29) is 6.03 Å². The number of hydrogen-bond donors (Lipinski definition) is 1. The van der Waals surface area contributed by atoms with E-state index in [4.69, 9.17) is 0 Å². The molecule has 5 heteroatoms. The predicted octanol–water partition coefficient (Wildman–Crippen LogP) is 2.36. The second kappa shape index (κ2) is 6.18. The van der Waals surface area contributed by atoms with Crippen LogP contribution in [0.3, 0.4) is 0 Å². The Kier molecular flexibility index (Phi) is 4.58. The number of rotatable bonds is 4. The molecule has 2 rings (SSSR count). The normalized spacial score (nSPS) is 15.1. The van der Waals surface area contributed by atoms with Gasteiger partial charge in [-0.1, -0.05) is 6.92 Å². The molecule has 18 heavy (non-hydrogen) atoms. The third-order valence-corrected chi connectivity index (χ3v) is 4.35. The Hall–Kier alpha value is -1.10. The molecular weight excluding hydrogens is 246 g/mol. The summed E-state index contributed by atoms with van der Waals surface area (Å²) in [6.45, 7) is 6.74. The summed E-state index contributed by atoms with van der Waals surface area (Å²) in [7, 11) is 0. The summed E-state index contributed by atoms with van der Waals surface area (Å²) in [6.07, 6.45) is 4.10. The molecule has 4 nitrogen and oxygen atoms in total. The largest absolute Gasteiger partial charge is 0.338 e. The first-order valence-electron chi connectivity index (χ1n) is 6.68. The standard InChI is InChI=1S/C13H21N3OS/c1-3-11-10(2)18-12(15-11)6-7-14-13(17)16-8-4-5-9-16/h3-9H2,1-2H3,(H,14,17). The minimum absolute atomic E-state index is 0.0801. The molecule has 0 aromatic carbocycles. The highest BCUT2D eigenvalue weighted by Gasteiger charge is 2.17. The van der Waals surface area contributed by atoms with Crippen molar-refractivity contribution in [2.45, 2.75) is 39.5 Å². The average Bonchev–Trinajstić information content (AvgIpc) is 2.98. The fourth-order valence-corrected chi connectivity index (χ4v) is 3.25. The maximum absolute atomic E-state index is 11.8. The van der Waals surface area contributed by atoms with Crippen molar-refractivity contribution in [1.29, 1.82) is 0 Å². The summed E-state index contributed by atoms with van der Waals surface area (Å²) in [5.41, 5.74) is 1.20. The van der Waals surface area contributed by atoms with Crippen LogP contribution in [0.5, 0.6) is 0 Å². The first-order chi connectivity index (χ1) is 8.70. The molecule has 1 saturated heterocycles. The molecule has 0 unspecified atom stereocenters. The van der Waals surface area contributed by atoms with Crippen molar-refractivity contribution >= 4 is 17.4 Å². The molecule has 0 atom stereocenters. The summed E-state index contributed by atoms with van der Waals surface area (Å²) in [6, 6.07) is 0.0801. The molecule has 1 N–H and O–H groups in total. The van der Waals surface area contributed by atoms with Gasteiger partial charge in [0.2, 0.25) is 0 Å². The zero-order valence-electron chi connectivity index (χ0n) is 11.2. The summed E-state index contributed by atoms with van der Waals surface area (Å²) < 4.78 is 0. The molecular formula is C13H21N3OS. The quantitative estimate of drug-likeness (QED) is 0.910. The molecule has 0 radical (unpaired) electrons. The van der Waals surface area contributed by atoms with Crippen LogP contribution in [0.4, 0.5) is 4.79 Å². The Morgan fingerprint density at radius 3 is 2.78 bits per heavy atom. The van der Waals surface area contributed by atoms with Crippen molar-refractivity contribution in [3.8, 4) is 0 Å². The lowest BCUT2D eigenvalue weighted by Gasteiger charge is -2.15. The van der Waals surface area contributed by atoms with E-state index in [1.54, 1.807) is 11.3 Å². The number of nitrogens with zero attached hydrogens (tertiary/aromatic N) is 2. The molecule has 1 aromatic heterocycles. The Balaban J connectivity index is 1.75. The van der Waals surface area contributed by atoms with Crippen LogP contribution in [0.25, 0.3) is 0 Å². The van der Waals surface area contributed by atoms with Crippen LogP contribution in [-0.4, -0.2) is 35.5 Å². The highest BCUT2D eigenvalue weighted by molar-refractivity contribution is 7.11. The Morgan fingerprint density at radius 1 is 1.44 bits per heavy atom. The third kappa shape index (κ3) is 3.22. The third-order valence-electron chi connectivity index (χ3n) is 3.28. The smallest absolute Gasteiger partial charge is 0.317 e. The minimum atomic E-state index is 0.0801. The molecule has 2 heterocycles. The Morgan fingerprint density at radius 2 is 2.17 bits per heavy atom. The van der Waals surface area contributed by atoms with Crippen molar-refractivity contribution in [3.63, 3.8) is 0 Å². The average molecular weight is 267 g/mol. The second-order valence-corrected chi connectivity index (χ2v) is 5.93. The number of hydrogen-bond acceptors (Lipinski definition) is 3. The van der Waals surface area contributed by atoms with E-state index in [2.05, 4.69) is 24.1 Å². The van der Waals surface area contributed by atoms with Gasteiger partial charge in [-0.2, -0.15) is 0 Å². The lowest BCUT2D eigenvalue weighted by atomic mass is 10.3. The Bertz CT molecular complexity index is 410. The topological polar surface area (TPSA) is 45.2 Å². The van der Waals surface area contributed by atoms with Crippen LogP contribution in [0.1, 0.15) is 35.3 Å². The van der Waals surface area contributed by atoms with Crippen molar-refractivity contribution in [1.82, 2.24) is 15.2 Å². The fraction of sp³-hybridized carbons (Fsp3) is 0.692. The van der Waals surface area contributed by atoms with Crippen LogP contribution in [0.2, 0.25) is 0 Å². The molecule has 2 amide bonds. The van der Waals surface area contributed by atoms with Crippen LogP contribution >= 0.6 is 11.3 Å². The molecule has 0 aliphatic carbocycles. The summed E-state index contributed by atoms with van der Waals surface area (Å²) in [4.78, 5) is 19.5. The van der Waals surface area contributed by atoms with Gasteiger partial charge in [0.1, 0.15) is 0 Å². The van der Waals surface area contributed by atoms with Gasteiger partial charge in [-0.25, -0.2) is 9.78 Å². The molecule has 0 saturated carbocycles. The van der Waals surface area contributed by atoms with Gasteiger partial charge in [-0.15, -0.1) is 11.3 Å². The zero-order valence-corrected chi connectivity index (χ0v) is 12.0. The molecule has 1 fully saturated rings. The van der Waals surface area contributed by atoms with E-state index in [9.17, 15) is 4.79 Å². The zero-order chi connectivity index (χ0) is 13.0. The van der Waals surface area contributed by atoms with E-state index in [0.717, 1.165) is 43.8 Å². The van der Waals surface area contributed by atoms with E-state index in [0.29, 0.717) is 6.54 Å². The van der Waals surface area contributed by atoms with Gasteiger partial charge in [0.15, 0.2) is 0 Å². The van der Waals surface area contributed by atoms with Crippen LogP contribution < -0.4 is 5.32 Å². The number of aryl methyl sites for hydroxylation is 2. The second-order valence-electron chi connectivity index (χ2n) is 4.64. The molecule has 1 aliphatic rings. The highest BCUT2D eigenvalue weighted by Crippen LogP contribution is 2.18. The van der Waals surface area contributed by atoms with Gasteiger partial charge in [0.25, 0.3) is 0 Å². The summed E-state index contributed by atoms with van der Waals surface area (Å²) in [5, 5.41) is 4.10. The molecule has 1 aliphatic heterocycles. The van der Waals surface area contributed by atoms with Gasteiger partial charge >= 0.3 is 6.03 Å². The molecule has 100 valence electrons. The summed E-state index contributed by atoms with van der Waals surface area (Å²) >= 11 is 1.75. The monoisotopic (exact) mass is 267 g/mol. The lowest BCUT2D eigenvalue weighted by molar-refractivity contribution is 0.209. The number of urea groups is 1. The number of likely N-dealkylation sites (tertiary alicyclic amines) is 1. The number of aromatic nitrogens is 1. The van der Waals surface area contributed by atoms with E-state index >= 15 is 0 Å². The van der Waals surface area contributed by atoms with Crippen LogP contribution in [-0.2, 0) is 12.8 Å². The first-order valence-corrected chi connectivity index (χ1v) is 7.50. The van der Waals surface area contributed by atoms with E-state index in [1.165, 1.54) is 10.6 Å². The van der Waals surface area contributed by atoms with Crippen LogP contribution in [0.15, 0.2) is 0 Å². The lowest BCUT2D eigenvalue weighted by Crippen LogP contribution is -2.38. The SMILES string of the molecule is CCc1nc(CCNC(=O)N2CCCC2)sc1C. The van der Waals surface area contributed by atoms with Crippen molar-refractivity contribution in [2.24, 2.45) is 0 Å². The number of carbonyl (C=O) groups is 1. The summed E-state index contributed by atoms with van der Waals surface area (Å²) in [5.74, 6) is 0. The molecule has 1 aromatic rings. The van der Waals surface area contributed by atoms with Gasteiger partial charge < -0.3 is 10.2 Å². The Labute approximate surface area is 112 Å². The van der Waals surface area contributed by atoms with Gasteiger partial charge in [-0.05, 0) is 26.2 Å². The molecule has 0 spiro atoms. The number of thiazole rings is 1. The van der Waals surface area contributed by atoms with Gasteiger partial charge in [0, 0.05) is 30.9 Å². The van der Waals surface area contributed by atoms with E-state index in [1.807, 2.05) is 4.90 Å². The molecule has 0 bridgehead atoms. The van der Waals surface area contributed by atoms with Crippen molar-refractivity contribution in [2.75, 3.05) is 19.6 Å².